The molecular weight excluding hydrogens is 411 g/mol. The first-order chi connectivity index (χ1) is 13.8. The third-order valence-corrected chi connectivity index (χ3v) is 4.31. The molecule has 6 nitrogen and oxygen atoms in total. The molecule has 4 rings (SSSR count). The lowest BCUT2D eigenvalue weighted by atomic mass is 10.1. The summed E-state index contributed by atoms with van der Waals surface area (Å²) in [6.07, 6.45) is -4.76. The Morgan fingerprint density at radius 1 is 0.966 bits per heavy atom. The Bertz CT molecular complexity index is 1150. The molecule has 0 bridgehead atoms. The monoisotopic (exact) mass is 421 g/mol. The van der Waals surface area contributed by atoms with Crippen LogP contribution in [0.15, 0.2) is 57.6 Å². The van der Waals surface area contributed by atoms with E-state index in [0.29, 0.717) is 33.2 Å². The van der Waals surface area contributed by atoms with Gasteiger partial charge in [-0.25, -0.2) is 0 Å². The molecule has 0 unspecified atom stereocenters. The zero-order chi connectivity index (χ0) is 20.6. The van der Waals surface area contributed by atoms with E-state index < -0.39 is 6.36 Å². The van der Waals surface area contributed by atoms with E-state index in [2.05, 4.69) is 20.0 Å². The Hall–Kier alpha value is -3.33. The number of hydrogen-bond donors (Lipinski definition) is 0. The van der Waals surface area contributed by atoms with E-state index in [1.807, 2.05) is 0 Å². The summed E-state index contributed by atoms with van der Waals surface area (Å²) < 4.78 is 51.3. The minimum Gasteiger partial charge on any atom is -0.406 e. The zero-order valence-corrected chi connectivity index (χ0v) is 15.5. The number of benzene rings is 2. The van der Waals surface area contributed by atoms with E-state index in [-0.39, 0.29) is 17.5 Å². The summed E-state index contributed by atoms with van der Waals surface area (Å²) in [5.74, 6) is 0.429. The van der Waals surface area contributed by atoms with Crippen LogP contribution in [0.3, 0.4) is 0 Å². The number of halogens is 4. The highest BCUT2D eigenvalue weighted by atomic mass is 35.5. The van der Waals surface area contributed by atoms with Crippen LogP contribution in [0.5, 0.6) is 5.75 Å². The second-order valence-electron chi connectivity index (χ2n) is 5.94. The molecule has 0 aliphatic carbocycles. The molecule has 148 valence electrons. The first-order valence-corrected chi connectivity index (χ1v) is 8.61. The van der Waals surface area contributed by atoms with Crippen LogP contribution in [0.4, 0.5) is 13.2 Å². The number of alkyl halides is 3. The van der Waals surface area contributed by atoms with Crippen LogP contribution in [0.25, 0.3) is 34.1 Å². The fourth-order valence-corrected chi connectivity index (χ4v) is 2.93. The van der Waals surface area contributed by atoms with Crippen LogP contribution >= 0.6 is 11.6 Å². The van der Waals surface area contributed by atoms with Crippen molar-refractivity contribution in [3.05, 3.63) is 59.3 Å². The highest BCUT2D eigenvalue weighted by molar-refractivity contribution is 6.33. The normalized spacial score (nSPS) is 11.6. The van der Waals surface area contributed by atoms with Gasteiger partial charge in [-0.3, -0.25) is 0 Å². The number of rotatable bonds is 4. The Labute approximate surface area is 166 Å². The Morgan fingerprint density at radius 3 is 2.38 bits per heavy atom. The highest BCUT2D eigenvalue weighted by Gasteiger charge is 2.31. The lowest BCUT2D eigenvalue weighted by Crippen LogP contribution is -2.16. The lowest BCUT2D eigenvalue weighted by molar-refractivity contribution is -0.274. The van der Waals surface area contributed by atoms with Crippen molar-refractivity contribution >= 4 is 11.6 Å². The second-order valence-corrected chi connectivity index (χ2v) is 6.34. The van der Waals surface area contributed by atoms with Crippen molar-refractivity contribution in [2.75, 3.05) is 0 Å². The molecule has 0 spiro atoms. The fraction of sp³-hybridized carbons (Fsp3) is 0.105. The molecule has 2 aromatic heterocycles. The number of aromatic nitrogens is 3. The largest absolute Gasteiger partial charge is 0.573 e. The first-order valence-electron chi connectivity index (χ1n) is 8.23. The van der Waals surface area contributed by atoms with E-state index in [1.165, 1.54) is 24.3 Å². The predicted molar refractivity (Wildman–Crippen MR) is 97.1 cm³/mol. The molecule has 0 N–H and O–H groups in total. The second kappa shape index (κ2) is 7.25. The number of hydrogen-bond acceptors (Lipinski definition) is 6. The SMILES string of the molecule is Cc1onc(-c2ccccc2Cl)c1-c1nc(-c2ccc(OC(F)(F)F)cc2)no1. The maximum Gasteiger partial charge on any atom is 0.573 e. The minimum absolute atomic E-state index is 0.143. The van der Waals surface area contributed by atoms with Gasteiger partial charge >= 0.3 is 6.36 Å². The Kier molecular flexibility index (Phi) is 4.75. The first kappa shape index (κ1) is 19.0. The molecule has 0 radical (unpaired) electrons. The molecule has 29 heavy (non-hydrogen) atoms. The van der Waals surface area contributed by atoms with Gasteiger partial charge in [0.1, 0.15) is 22.8 Å². The number of ether oxygens (including phenoxy) is 1. The van der Waals surface area contributed by atoms with Crippen LogP contribution < -0.4 is 4.74 Å². The van der Waals surface area contributed by atoms with E-state index in [0.717, 1.165) is 0 Å². The summed E-state index contributed by atoms with van der Waals surface area (Å²) >= 11 is 6.25. The third-order valence-electron chi connectivity index (χ3n) is 3.98. The van der Waals surface area contributed by atoms with Crippen molar-refractivity contribution in [1.82, 2.24) is 15.3 Å². The molecule has 0 aliphatic rings. The summed E-state index contributed by atoms with van der Waals surface area (Å²) in [7, 11) is 0. The standard InChI is InChI=1S/C19H11ClF3N3O3/c1-10-15(16(25-28-10)13-4-2-3-5-14(13)20)18-24-17(26-29-18)11-6-8-12(9-7-11)27-19(21,22)23/h2-9H,1H3. The van der Waals surface area contributed by atoms with Crippen molar-refractivity contribution in [3.63, 3.8) is 0 Å². The molecule has 0 fully saturated rings. The van der Waals surface area contributed by atoms with Crippen molar-refractivity contribution in [2.24, 2.45) is 0 Å². The molecule has 0 amide bonds. The highest BCUT2D eigenvalue weighted by Crippen LogP contribution is 2.37. The van der Waals surface area contributed by atoms with Crippen molar-refractivity contribution in [2.45, 2.75) is 13.3 Å². The van der Waals surface area contributed by atoms with Gasteiger partial charge in [0.05, 0.1) is 5.02 Å². The van der Waals surface area contributed by atoms with Crippen molar-refractivity contribution in [1.29, 1.82) is 0 Å². The fourth-order valence-electron chi connectivity index (χ4n) is 2.71. The van der Waals surface area contributed by atoms with Crippen molar-refractivity contribution in [3.8, 4) is 39.8 Å². The van der Waals surface area contributed by atoms with Crippen LogP contribution in [0, 0.1) is 6.92 Å². The quantitative estimate of drug-likeness (QED) is 0.407. The van der Waals surface area contributed by atoms with Gasteiger partial charge < -0.3 is 13.8 Å². The smallest absolute Gasteiger partial charge is 0.406 e. The summed E-state index contributed by atoms with van der Waals surface area (Å²) in [6.45, 7) is 1.69. The zero-order valence-electron chi connectivity index (χ0n) is 14.7. The Balaban J connectivity index is 1.67. The summed E-state index contributed by atoms with van der Waals surface area (Å²) in [4.78, 5) is 4.32. The maximum absolute atomic E-state index is 12.3. The van der Waals surface area contributed by atoms with E-state index >= 15 is 0 Å². The van der Waals surface area contributed by atoms with Gasteiger partial charge in [0.2, 0.25) is 5.82 Å². The molecule has 0 saturated carbocycles. The molecular formula is C19H11ClF3N3O3. The number of nitrogens with zero attached hydrogens (tertiary/aromatic N) is 3. The molecule has 0 aliphatic heterocycles. The lowest BCUT2D eigenvalue weighted by Gasteiger charge is -2.08. The van der Waals surface area contributed by atoms with Gasteiger partial charge in [0, 0.05) is 11.1 Å². The third kappa shape index (κ3) is 3.95. The van der Waals surface area contributed by atoms with Crippen LogP contribution in [0.1, 0.15) is 5.76 Å². The van der Waals surface area contributed by atoms with Gasteiger partial charge in [-0.2, -0.15) is 4.98 Å². The minimum atomic E-state index is -4.76. The summed E-state index contributed by atoms with van der Waals surface area (Å²) in [6, 6.07) is 12.2. The van der Waals surface area contributed by atoms with Gasteiger partial charge in [-0.05, 0) is 37.3 Å². The van der Waals surface area contributed by atoms with Gasteiger partial charge in [-0.15, -0.1) is 13.2 Å². The van der Waals surface area contributed by atoms with Gasteiger partial charge in [0.25, 0.3) is 5.89 Å². The molecule has 10 heteroatoms. The molecule has 2 aromatic carbocycles. The average Bonchev–Trinajstić information content (AvgIpc) is 3.28. The van der Waals surface area contributed by atoms with Crippen LogP contribution in [-0.2, 0) is 0 Å². The molecule has 2 heterocycles. The maximum atomic E-state index is 12.3. The molecule has 0 saturated heterocycles. The summed E-state index contributed by atoms with van der Waals surface area (Å²) in [5.41, 5.74) is 2.00. The number of aryl methyl sites for hydroxylation is 1. The van der Waals surface area contributed by atoms with E-state index in [1.54, 1.807) is 31.2 Å². The van der Waals surface area contributed by atoms with Crippen LogP contribution in [0.2, 0.25) is 5.02 Å². The Morgan fingerprint density at radius 2 is 1.69 bits per heavy atom. The van der Waals surface area contributed by atoms with Gasteiger partial charge in [-0.1, -0.05) is 40.1 Å². The average molecular weight is 422 g/mol. The summed E-state index contributed by atoms with van der Waals surface area (Å²) in [5, 5.41) is 8.41. The van der Waals surface area contributed by atoms with Gasteiger partial charge in [0.15, 0.2) is 0 Å². The topological polar surface area (TPSA) is 74.2 Å². The van der Waals surface area contributed by atoms with Crippen LogP contribution in [-0.4, -0.2) is 21.7 Å². The van der Waals surface area contributed by atoms with E-state index in [4.69, 9.17) is 20.6 Å². The molecule has 4 aromatic rings. The molecule has 0 atom stereocenters. The van der Waals surface area contributed by atoms with E-state index in [9.17, 15) is 13.2 Å². The van der Waals surface area contributed by atoms with Crippen molar-refractivity contribution < 1.29 is 27.0 Å². The predicted octanol–water partition coefficient (Wildman–Crippen LogP) is 5.92.